The zero-order valence-corrected chi connectivity index (χ0v) is 16.1. The molecule has 1 aromatic carbocycles. The van der Waals surface area contributed by atoms with Gasteiger partial charge in [0.25, 0.3) is 10.0 Å². The maximum Gasteiger partial charge on any atom is 0.263 e. The van der Waals surface area contributed by atoms with Gasteiger partial charge in [0.05, 0.1) is 16.4 Å². The van der Waals surface area contributed by atoms with Crippen molar-refractivity contribution in [3.8, 4) is 10.7 Å². The van der Waals surface area contributed by atoms with E-state index in [1.165, 1.54) is 23.5 Å². The van der Waals surface area contributed by atoms with Crippen LogP contribution in [0.15, 0.2) is 34.5 Å². The molecule has 25 heavy (non-hydrogen) atoms. The van der Waals surface area contributed by atoms with E-state index in [1.54, 1.807) is 24.6 Å². The number of nitrogens with one attached hydrogen (secondary N) is 1. The van der Waals surface area contributed by atoms with Crippen molar-refractivity contribution in [2.45, 2.75) is 18.7 Å². The zero-order valence-electron chi connectivity index (χ0n) is 13.7. The van der Waals surface area contributed by atoms with Crippen LogP contribution in [0.1, 0.15) is 11.4 Å². The Morgan fingerprint density at radius 3 is 2.60 bits per heavy atom. The van der Waals surface area contributed by atoms with Crippen LogP contribution in [-0.2, 0) is 17.1 Å². The Bertz CT molecular complexity index is 1060. The monoisotopic (exact) mass is 399 g/mol. The summed E-state index contributed by atoms with van der Waals surface area (Å²) < 4.78 is 42.9. The standard InChI is InChI=1S/C16H15ClFN3O2S2/c1-9-8-24-16(19-9)14-7-15(10(2)21(14)3)25(22,23)20-11-4-5-13(18)12(17)6-11/h4-8,20H,1-3H3. The van der Waals surface area contributed by atoms with E-state index in [0.717, 1.165) is 16.8 Å². The Morgan fingerprint density at radius 2 is 2.00 bits per heavy atom. The molecule has 0 saturated heterocycles. The van der Waals surface area contributed by atoms with E-state index in [4.69, 9.17) is 11.6 Å². The SMILES string of the molecule is Cc1csc(-c2cc(S(=O)(=O)Nc3ccc(F)c(Cl)c3)c(C)n2C)n1. The molecular weight excluding hydrogens is 385 g/mol. The third-order valence-electron chi connectivity index (χ3n) is 3.79. The molecule has 0 unspecified atom stereocenters. The summed E-state index contributed by atoms with van der Waals surface area (Å²) in [6.45, 7) is 3.60. The molecule has 132 valence electrons. The first-order valence-electron chi connectivity index (χ1n) is 7.26. The van der Waals surface area contributed by atoms with Crippen LogP contribution in [-0.4, -0.2) is 18.0 Å². The Kier molecular flexibility index (Phi) is 4.61. The van der Waals surface area contributed by atoms with Gasteiger partial charge < -0.3 is 4.57 Å². The van der Waals surface area contributed by atoms with Gasteiger partial charge in [-0.25, -0.2) is 17.8 Å². The van der Waals surface area contributed by atoms with Gasteiger partial charge in [0.1, 0.15) is 15.7 Å². The van der Waals surface area contributed by atoms with Gasteiger partial charge in [-0.15, -0.1) is 11.3 Å². The van der Waals surface area contributed by atoms with Crippen molar-refractivity contribution in [3.05, 3.63) is 51.9 Å². The molecule has 0 spiro atoms. The van der Waals surface area contributed by atoms with Crippen LogP contribution in [0.25, 0.3) is 10.7 Å². The number of aromatic nitrogens is 2. The number of sulfonamides is 1. The molecule has 3 aromatic rings. The summed E-state index contributed by atoms with van der Waals surface area (Å²) in [5.74, 6) is -0.609. The minimum absolute atomic E-state index is 0.137. The van der Waals surface area contributed by atoms with Crippen molar-refractivity contribution < 1.29 is 12.8 Å². The summed E-state index contributed by atoms with van der Waals surface area (Å²) in [6.07, 6.45) is 0. The largest absolute Gasteiger partial charge is 0.345 e. The highest BCUT2D eigenvalue weighted by Gasteiger charge is 2.23. The predicted octanol–water partition coefficient (Wildman–Crippen LogP) is 4.36. The van der Waals surface area contributed by atoms with Gasteiger partial charge in [-0.05, 0) is 38.1 Å². The molecule has 0 aliphatic rings. The first-order chi connectivity index (χ1) is 11.7. The van der Waals surface area contributed by atoms with Crippen LogP contribution in [0.2, 0.25) is 5.02 Å². The van der Waals surface area contributed by atoms with E-state index in [0.29, 0.717) is 11.4 Å². The van der Waals surface area contributed by atoms with Crippen LogP contribution < -0.4 is 4.72 Å². The van der Waals surface area contributed by atoms with Crippen molar-refractivity contribution in [1.29, 1.82) is 0 Å². The number of hydrogen-bond donors (Lipinski definition) is 1. The van der Waals surface area contributed by atoms with Crippen molar-refractivity contribution in [3.63, 3.8) is 0 Å². The van der Waals surface area contributed by atoms with E-state index in [1.807, 2.05) is 12.3 Å². The van der Waals surface area contributed by atoms with Crippen molar-refractivity contribution in [1.82, 2.24) is 9.55 Å². The molecule has 0 aliphatic carbocycles. The average molecular weight is 400 g/mol. The summed E-state index contributed by atoms with van der Waals surface area (Å²) >= 11 is 7.16. The van der Waals surface area contributed by atoms with E-state index in [-0.39, 0.29) is 15.6 Å². The Balaban J connectivity index is 2.01. The lowest BCUT2D eigenvalue weighted by Crippen LogP contribution is -2.14. The van der Waals surface area contributed by atoms with E-state index in [2.05, 4.69) is 9.71 Å². The van der Waals surface area contributed by atoms with Crippen molar-refractivity contribution >= 4 is 38.6 Å². The summed E-state index contributed by atoms with van der Waals surface area (Å²) in [4.78, 5) is 4.54. The number of rotatable bonds is 4. The Hall–Kier alpha value is -1.90. The first-order valence-corrected chi connectivity index (χ1v) is 10.00. The van der Waals surface area contributed by atoms with Gasteiger partial charge in [-0.2, -0.15) is 0 Å². The third kappa shape index (κ3) is 3.42. The fourth-order valence-electron chi connectivity index (χ4n) is 2.39. The normalized spacial score (nSPS) is 11.7. The van der Waals surface area contributed by atoms with Crippen molar-refractivity contribution in [2.24, 2.45) is 7.05 Å². The third-order valence-corrected chi connectivity index (χ3v) is 6.56. The average Bonchev–Trinajstić information content (AvgIpc) is 3.08. The molecule has 2 heterocycles. The zero-order chi connectivity index (χ0) is 18.4. The number of aryl methyl sites for hydroxylation is 1. The minimum atomic E-state index is -3.85. The number of nitrogens with zero attached hydrogens (tertiary/aromatic N) is 2. The number of halogens is 2. The second-order valence-corrected chi connectivity index (χ2v) is 8.48. The number of hydrogen-bond acceptors (Lipinski definition) is 4. The predicted molar refractivity (Wildman–Crippen MR) is 98.2 cm³/mol. The number of benzene rings is 1. The summed E-state index contributed by atoms with van der Waals surface area (Å²) in [5, 5.41) is 2.50. The Labute approximate surface area is 154 Å². The molecule has 9 heteroatoms. The molecule has 5 nitrogen and oxygen atoms in total. The highest BCUT2D eigenvalue weighted by molar-refractivity contribution is 7.92. The fourth-order valence-corrected chi connectivity index (χ4v) is 4.76. The minimum Gasteiger partial charge on any atom is -0.345 e. The smallest absolute Gasteiger partial charge is 0.263 e. The van der Waals surface area contributed by atoms with Crippen LogP contribution in [0, 0.1) is 19.7 Å². The maximum absolute atomic E-state index is 13.2. The van der Waals surface area contributed by atoms with Gasteiger partial charge in [0.2, 0.25) is 0 Å². The highest BCUT2D eigenvalue weighted by Crippen LogP contribution is 2.31. The lowest BCUT2D eigenvalue weighted by molar-refractivity contribution is 0.600. The van der Waals surface area contributed by atoms with Gasteiger partial charge in [-0.3, -0.25) is 4.72 Å². The lowest BCUT2D eigenvalue weighted by Gasteiger charge is -2.08. The molecular formula is C16H15ClFN3O2S2. The van der Waals surface area contributed by atoms with E-state index in [9.17, 15) is 12.8 Å². The molecule has 0 fully saturated rings. The summed E-state index contributed by atoms with van der Waals surface area (Å²) in [5.41, 5.74) is 2.36. The molecule has 0 radical (unpaired) electrons. The first kappa shape index (κ1) is 17.9. The van der Waals surface area contributed by atoms with Crippen LogP contribution in [0.3, 0.4) is 0 Å². The number of thiazole rings is 1. The van der Waals surface area contributed by atoms with E-state index < -0.39 is 15.8 Å². The Morgan fingerprint density at radius 1 is 1.28 bits per heavy atom. The molecule has 0 atom stereocenters. The van der Waals surface area contributed by atoms with Crippen LogP contribution in [0.5, 0.6) is 0 Å². The highest BCUT2D eigenvalue weighted by atomic mass is 35.5. The lowest BCUT2D eigenvalue weighted by atomic mass is 10.3. The van der Waals surface area contributed by atoms with Gasteiger partial charge in [0, 0.05) is 23.8 Å². The summed E-state index contributed by atoms with van der Waals surface area (Å²) in [7, 11) is -2.06. The van der Waals surface area contributed by atoms with Crippen LogP contribution in [0.4, 0.5) is 10.1 Å². The second-order valence-electron chi connectivity index (χ2n) is 5.57. The van der Waals surface area contributed by atoms with Gasteiger partial charge >= 0.3 is 0 Å². The van der Waals surface area contributed by atoms with Gasteiger partial charge in [0.15, 0.2) is 0 Å². The molecule has 2 aromatic heterocycles. The molecule has 3 rings (SSSR count). The maximum atomic E-state index is 13.2. The van der Waals surface area contributed by atoms with Gasteiger partial charge in [-0.1, -0.05) is 11.6 Å². The van der Waals surface area contributed by atoms with Crippen LogP contribution >= 0.6 is 22.9 Å². The van der Waals surface area contributed by atoms with E-state index >= 15 is 0 Å². The topological polar surface area (TPSA) is 64.0 Å². The molecule has 1 N–H and O–H groups in total. The molecule has 0 aliphatic heterocycles. The molecule has 0 bridgehead atoms. The summed E-state index contributed by atoms with van der Waals surface area (Å²) in [6, 6.07) is 5.25. The molecule has 0 amide bonds. The molecule has 0 saturated carbocycles. The number of anilines is 1. The fraction of sp³-hybridized carbons (Fsp3) is 0.188. The van der Waals surface area contributed by atoms with Crippen molar-refractivity contribution in [2.75, 3.05) is 4.72 Å². The second kappa shape index (κ2) is 6.44. The quantitative estimate of drug-likeness (QED) is 0.708.